The Morgan fingerprint density at radius 3 is 2.26 bits per heavy atom. The maximum Gasteiger partial charge on any atom is 0.243 e. The molecule has 3 rings (SSSR count). The molecule has 2 aromatic carbocycles. The van der Waals surface area contributed by atoms with Crippen molar-refractivity contribution in [2.24, 2.45) is 11.0 Å². The van der Waals surface area contributed by atoms with Gasteiger partial charge in [0.05, 0.1) is 6.21 Å². The Hall–Kier alpha value is -2.42. The number of carbonyl (C=O) groups is 1. The summed E-state index contributed by atoms with van der Waals surface area (Å²) in [7, 11) is 0. The van der Waals surface area contributed by atoms with Gasteiger partial charge in [0.2, 0.25) is 5.91 Å². The monoisotopic (exact) mass is 362 g/mol. The summed E-state index contributed by atoms with van der Waals surface area (Å²) < 4.78 is 0. The number of amides is 1. The molecule has 0 radical (unpaired) electrons. The van der Waals surface area contributed by atoms with Gasteiger partial charge >= 0.3 is 0 Å². The molecule has 2 atom stereocenters. The van der Waals surface area contributed by atoms with Crippen molar-refractivity contribution >= 4 is 12.1 Å². The highest BCUT2D eigenvalue weighted by molar-refractivity contribution is 5.85. The fraction of sp³-hybridized carbons (Fsp3) is 0.417. The molecule has 2 aromatic rings. The van der Waals surface area contributed by atoms with Crippen molar-refractivity contribution in [3.63, 3.8) is 0 Å². The van der Waals surface area contributed by atoms with Gasteiger partial charge in [0.25, 0.3) is 0 Å². The van der Waals surface area contributed by atoms with Crippen LogP contribution in [0.25, 0.3) is 0 Å². The molecule has 1 fully saturated rings. The number of carbonyl (C=O) groups excluding carboxylic acids is 1. The number of nitrogens with zero attached hydrogens (tertiary/aromatic N) is 1. The molecule has 1 aliphatic rings. The van der Waals surface area contributed by atoms with Crippen molar-refractivity contribution in [3.05, 3.63) is 70.8 Å². The normalized spacial score (nSPS) is 19.5. The molecule has 1 amide bonds. The van der Waals surface area contributed by atoms with Crippen LogP contribution in [-0.4, -0.2) is 12.1 Å². The molecular weight excluding hydrogens is 332 g/mol. The first-order valence-electron chi connectivity index (χ1n) is 9.79. The molecule has 0 aromatic heterocycles. The number of hydrogen-bond donors (Lipinski definition) is 1. The summed E-state index contributed by atoms with van der Waals surface area (Å²) in [5.41, 5.74) is 7.71. The van der Waals surface area contributed by atoms with Crippen LogP contribution < -0.4 is 5.43 Å². The molecule has 3 nitrogen and oxygen atoms in total. The fourth-order valence-electron chi connectivity index (χ4n) is 3.30. The quantitative estimate of drug-likeness (QED) is 0.564. The van der Waals surface area contributed by atoms with Crippen LogP contribution >= 0.6 is 0 Å². The lowest BCUT2D eigenvalue weighted by Crippen LogP contribution is -2.20. The minimum atomic E-state index is 0.00921. The number of rotatable bonds is 5. The Balaban J connectivity index is 1.52. The van der Waals surface area contributed by atoms with Gasteiger partial charge in [-0.15, -0.1) is 0 Å². The van der Waals surface area contributed by atoms with Crippen LogP contribution in [0.3, 0.4) is 0 Å². The number of benzene rings is 2. The van der Waals surface area contributed by atoms with Crippen molar-refractivity contribution in [3.8, 4) is 0 Å². The Morgan fingerprint density at radius 2 is 1.70 bits per heavy atom. The molecule has 3 heteroatoms. The SMILES string of the molecule is CC(C)c1ccc(/C=N/NC(=O)C2CC2c2ccc(C(C)(C)C)cc2)cc1. The average Bonchev–Trinajstić information content (AvgIpc) is 3.42. The summed E-state index contributed by atoms with van der Waals surface area (Å²) in [6.07, 6.45) is 2.61. The number of nitrogens with one attached hydrogen (secondary N) is 1. The standard InChI is InChI=1S/C24H30N2O/c1-16(2)18-8-6-17(7-9-18)15-25-26-23(27)22-14-21(22)19-10-12-20(13-11-19)24(3,4)5/h6-13,15-16,21-22H,14H2,1-5H3,(H,26,27)/b25-15+. The second-order valence-electron chi connectivity index (χ2n) is 8.88. The van der Waals surface area contributed by atoms with Gasteiger partial charge in [-0.25, -0.2) is 5.43 Å². The third-order valence-corrected chi connectivity index (χ3v) is 5.32. The predicted molar refractivity (Wildman–Crippen MR) is 112 cm³/mol. The van der Waals surface area contributed by atoms with Crippen LogP contribution in [0.15, 0.2) is 53.6 Å². The van der Waals surface area contributed by atoms with E-state index in [1.807, 2.05) is 12.1 Å². The van der Waals surface area contributed by atoms with Crippen LogP contribution in [-0.2, 0) is 10.2 Å². The van der Waals surface area contributed by atoms with E-state index < -0.39 is 0 Å². The Morgan fingerprint density at radius 1 is 1.07 bits per heavy atom. The van der Waals surface area contributed by atoms with Crippen molar-refractivity contribution in [2.75, 3.05) is 0 Å². The highest BCUT2D eigenvalue weighted by Crippen LogP contribution is 2.47. The van der Waals surface area contributed by atoms with Crippen molar-refractivity contribution in [1.82, 2.24) is 5.43 Å². The zero-order valence-electron chi connectivity index (χ0n) is 17.0. The van der Waals surface area contributed by atoms with Crippen LogP contribution in [0.4, 0.5) is 0 Å². The molecule has 1 N–H and O–H groups in total. The van der Waals surface area contributed by atoms with Crippen LogP contribution in [0.5, 0.6) is 0 Å². The van der Waals surface area contributed by atoms with E-state index in [1.165, 1.54) is 16.7 Å². The first-order valence-corrected chi connectivity index (χ1v) is 9.79. The highest BCUT2D eigenvalue weighted by atomic mass is 16.2. The minimum Gasteiger partial charge on any atom is -0.273 e. The summed E-state index contributed by atoms with van der Waals surface area (Å²) in [4.78, 5) is 12.3. The lowest BCUT2D eigenvalue weighted by atomic mass is 9.86. The Kier molecular flexibility index (Phi) is 5.50. The van der Waals surface area contributed by atoms with E-state index in [0.29, 0.717) is 11.8 Å². The Labute approximate surface area is 162 Å². The van der Waals surface area contributed by atoms with Crippen molar-refractivity contribution in [2.45, 2.75) is 58.3 Å². The molecule has 0 aliphatic heterocycles. The molecular formula is C24H30N2O. The molecule has 1 aliphatic carbocycles. The number of hydrazone groups is 1. The van der Waals surface area contributed by atoms with E-state index in [2.05, 4.69) is 81.5 Å². The maximum absolute atomic E-state index is 12.3. The zero-order valence-corrected chi connectivity index (χ0v) is 17.0. The molecule has 142 valence electrons. The van der Waals surface area contributed by atoms with Crippen LogP contribution in [0.2, 0.25) is 0 Å². The fourth-order valence-corrected chi connectivity index (χ4v) is 3.30. The number of hydrogen-bond acceptors (Lipinski definition) is 2. The molecule has 0 spiro atoms. The Bertz CT molecular complexity index is 811. The van der Waals surface area contributed by atoms with Gasteiger partial charge in [0, 0.05) is 5.92 Å². The van der Waals surface area contributed by atoms with E-state index in [0.717, 1.165) is 12.0 Å². The molecule has 0 heterocycles. The largest absolute Gasteiger partial charge is 0.273 e. The first-order chi connectivity index (χ1) is 12.8. The van der Waals surface area contributed by atoms with E-state index in [4.69, 9.17) is 0 Å². The maximum atomic E-state index is 12.3. The third-order valence-electron chi connectivity index (χ3n) is 5.32. The van der Waals surface area contributed by atoms with Gasteiger partial charge in [-0.1, -0.05) is 83.1 Å². The molecule has 2 unspecified atom stereocenters. The molecule has 0 saturated heterocycles. The first kappa shape index (κ1) is 19.3. The highest BCUT2D eigenvalue weighted by Gasteiger charge is 2.43. The average molecular weight is 363 g/mol. The van der Waals surface area contributed by atoms with Crippen molar-refractivity contribution in [1.29, 1.82) is 0 Å². The van der Waals surface area contributed by atoms with Gasteiger partial charge in [-0.3, -0.25) is 4.79 Å². The van der Waals surface area contributed by atoms with E-state index in [-0.39, 0.29) is 17.2 Å². The minimum absolute atomic E-state index is 0.00921. The third kappa shape index (κ3) is 4.85. The van der Waals surface area contributed by atoms with E-state index in [1.54, 1.807) is 6.21 Å². The molecule has 1 saturated carbocycles. The van der Waals surface area contributed by atoms with E-state index >= 15 is 0 Å². The van der Waals surface area contributed by atoms with Gasteiger partial charge in [0.1, 0.15) is 0 Å². The zero-order chi connectivity index (χ0) is 19.6. The second-order valence-corrected chi connectivity index (χ2v) is 8.88. The summed E-state index contributed by atoms with van der Waals surface area (Å²) in [6.45, 7) is 11.0. The second kappa shape index (κ2) is 7.67. The van der Waals surface area contributed by atoms with Gasteiger partial charge in [0.15, 0.2) is 0 Å². The smallest absolute Gasteiger partial charge is 0.243 e. The van der Waals surface area contributed by atoms with Gasteiger partial charge in [-0.2, -0.15) is 5.10 Å². The van der Waals surface area contributed by atoms with Crippen LogP contribution in [0.1, 0.15) is 75.1 Å². The molecule has 0 bridgehead atoms. The van der Waals surface area contributed by atoms with Crippen LogP contribution in [0, 0.1) is 5.92 Å². The summed E-state index contributed by atoms with van der Waals surface area (Å²) in [5.74, 6) is 0.875. The van der Waals surface area contributed by atoms with Crippen molar-refractivity contribution < 1.29 is 4.79 Å². The summed E-state index contributed by atoms with van der Waals surface area (Å²) >= 11 is 0. The topological polar surface area (TPSA) is 41.5 Å². The lowest BCUT2D eigenvalue weighted by Gasteiger charge is -2.19. The predicted octanol–water partition coefficient (Wildman–Crippen LogP) is 5.36. The summed E-state index contributed by atoms with van der Waals surface area (Å²) in [5, 5.41) is 4.13. The lowest BCUT2D eigenvalue weighted by molar-refractivity contribution is -0.122. The summed E-state index contributed by atoms with van der Waals surface area (Å²) in [6, 6.07) is 17.0. The molecule has 27 heavy (non-hydrogen) atoms. The van der Waals surface area contributed by atoms with Gasteiger partial charge in [-0.05, 0) is 45.9 Å². The van der Waals surface area contributed by atoms with Gasteiger partial charge < -0.3 is 0 Å². The van der Waals surface area contributed by atoms with E-state index in [9.17, 15) is 4.79 Å².